The third-order valence-corrected chi connectivity index (χ3v) is 3.62. The van der Waals surface area contributed by atoms with Crippen LogP contribution in [-0.2, 0) is 0 Å². The van der Waals surface area contributed by atoms with E-state index in [1.54, 1.807) is 25.4 Å². The molecule has 104 valence electrons. The van der Waals surface area contributed by atoms with Crippen LogP contribution in [0, 0.1) is 5.92 Å². The lowest BCUT2D eigenvalue weighted by molar-refractivity contribution is 0.0654. The monoisotopic (exact) mass is 263 g/mol. The number of aromatic nitrogens is 1. The Kier molecular flexibility index (Phi) is 4.74. The summed E-state index contributed by atoms with van der Waals surface area (Å²) in [7, 11) is 1.77. The van der Waals surface area contributed by atoms with Crippen molar-refractivity contribution >= 4 is 11.7 Å². The standard InChI is InChI=1S/C14H21N3O2/c1-15-13-12(5-2-7-16-13)14(19)17-8-3-4-11(10-17)6-9-18/h2,5,7,11,18H,3-4,6,8-10H2,1H3,(H,15,16). The predicted octanol–water partition coefficient (Wildman–Crippen LogP) is 1.36. The van der Waals surface area contributed by atoms with Crippen molar-refractivity contribution in [3.8, 4) is 0 Å². The topological polar surface area (TPSA) is 65.5 Å². The van der Waals surface area contributed by atoms with Gasteiger partial charge in [0.15, 0.2) is 0 Å². The van der Waals surface area contributed by atoms with Gasteiger partial charge in [-0.15, -0.1) is 0 Å². The summed E-state index contributed by atoms with van der Waals surface area (Å²) >= 11 is 0. The van der Waals surface area contributed by atoms with Crippen LogP contribution in [0.3, 0.4) is 0 Å². The molecule has 1 atom stereocenters. The maximum Gasteiger partial charge on any atom is 0.257 e. The Morgan fingerprint density at radius 2 is 2.47 bits per heavy atom. The lowest BCUT2D eigenvalue weighted by Gasteiger charge is -2.32. The molecule has 2 N–H and O–H groups in total. The summed E-state index contributed by atoms with van der Waals surface area (Å²) < 4.78 is 0. The Balaban J connectivity index is 2.10. The van der Waals surface area contributed by atoms with Crippen LogP contribution in [0.15, 0.2) is 18.3 Å². The molecule has 0 spiro atoms. The average Bonchev–Trinajstić information content (AvgIpc) is 2.47. The zero-order chi connectivity index (χ0) is 13.7. The fraction of sp³-hybridized carbons (Fsp3) is 0.571. The van der Waals surface area contributed by atoms with Gasteiger partial charge in [0, 0.05) is 32.9 Å². The summed E-state index contributed by atoms with van der Waals surface area (Å²) in [6.07, 6.45) is 4.55. The van der Waals surface area contributed by atoms with E-state index in [9.17, 15) is 4.79 Å². The zero-order valence-corrected chi connectivity index (χ0v) is 11.3. The number of likely N-dealkylation sites (tertiary alicyclic amines) is 1. The predicted molar refractivity (Wildman–Crippen MR) is 74.1 cm³/mol. The number of hydrogen-bond acceptors (Lipinski definition) is 4. The minimum atomic E-state index is 0.0279. The molecule has 1 saturated heterocycles. The summed E-state index contributed by atoms with van der Waals surface area (Å²) in [5.74, 6) is 1.06. The van der Waals surface area contributed by atoms with Gasteiger partial charge in [-0.25, -0.2) is 4.98 Å². The molecule has 0 bridgehead atoms. The number of amides is 1. The molecule has 0 aromatic carbocycles. The molecular weight excluding hydrogens is 242 g/mol. The third kappa shape index (κ3) is 3.23. The van der Waals surface area contributed by atoms with E-state index in [0.717, 1.165) is 32.4 Å². The van der Waals surface area contributed by atoms with Crippen LogP contribution < -0.4 is 5.32 Å². The Labute approximate surface area is 113 Å². The van der Waals surface area contributed by atoms with Gasteiger partial charge in [0.2, 0.25) is 0 Å². The van der Waals surface area contributed by atoms with Gasteiger partial charge in [-0.1, -0.05) is 0 Å². The first-order valence-electron chi connectivity index (χ1n) is 6.79. The first-order valence-corrected chi connectivity index (χ1v) is 6.79. The van der Waals surface area contributed by atoms with Crippen LogP contribution in [0.5, 0.6) is 0 Å². The van der Waals surface area contributed by atoms with Gasteiger partial charge < -0.3 is 15.3 Å². The number of hydrogen-bond donors (Lipinski definition) is 2. The summed E-state index contributed by atoms with van der Waals surface area (Å²) in [5.41, 5.74) is 0.620. The van der Waals surface area contributed by atoms with Gasteiger partial charge in [-0.05, 0) is 37.3 Å². The highest BCUT2D eigenvalue weighted by Gasteiger charge is 2.25. The van der Waals surface area contributed by atoms with E-state index >= 15 is 0 Å². The van der Waals surface area contributed by atoms with Crippen molar-refractivity contribution in [2.24, 2.45) is 5.92 Å². The Bertz CT molecular complexity index is 434. The minimum Gasteiger partial charge on any atom is -0.396 e. The lowest BCUT2D eigenvalue weighted by Crippen LogP contribution is -2.40. The van der Waals surface area contributed by atoms with Crippen molar-refractivity contribution in [3.05, 3.63) is 23.9 Å². The smallest absolute Gasteiger partial charge is 0.257 e. The lowest BCUT2D eigenvalue weighted by atomic mass is 9.94. The molecule has 19 heavy (non-hydrogen) atoms. The molecular formula is C14H21N3O2. The highest BCUT2D eigenvalue weighted by Crippen LogP contribution is 2.22. The van der Waals surface area contributed by atoms with E-state index in [-0.39, 0.29) is 12.5 Å². The molecule has 0 aliphatic carbocycles. The van der Waals surface area contributed by atoms with Gasteiger partial charge in [-0.3, -0.25) is 4.79 Å². The minimum absolute atomic E-state index is 0.0279. The zero-order valence-electron chi connectivity index (χ0n) is 11.3. The van der Waals surface area contributed by atoms with Gasteiger partial charge in [0.05, 0.1) is 5.56 Å². The molecule has 0 radical (unpaired) electrons. The Hall–Kier alpha value is -1.62. The highest BCUT2D eigenvalue weighted by molar-refractivity contribution is 5.98. The number of anilines is 1. The SMILES string of the molecule is CNc1ncccc1C(=O)N1CCCC(CCO)C1. The van der Waals surface area contributed by atoms with Gasteiger partial charge in [0.1, 0.15) is 5.82 Å². The number of carbonyl (C=O) groups excluding carboxylic acids is 1. The van der Waals surface area contributed by atoms with E-state index in [2.05, 4.69) is 10.3 Å². The van der Waals surface area contributed by atoms with E-state index < -0.39 is 0 Å². The first-order chi connectivity index (χ1) is 9.26. The number of aliphatic hydroxyl groups is 1. The number of pyridine rings is 1. The fourth-order valence-corrected chi connectivity index (χ4v) is 2.62. The molecule has 1 aromatic rings. The van der Waals surface area contributed by atoms with Crippen molar-refractivity contribution in [3.63, 3.8) is 0 Å². The van der Waals surface area contributed by atoms with Gasteiger partial charge in [0.25, 0.3) is 5.91 Å². The van der Waals surface area contributed by atoms with Crippen LogP contribution >= 0.6 is 0 Å². The maximum absolute atomic E-state index is 12.5. The fourth-order valence-electron chi connectivity index (χ4n) is 2.62. The normalized spacial score (nSPS) is 19.3. The third-order valence-electron chi connectivity index (χ3n) is 3.62. The van der Waals surface area contributed by atoms with E-state index in [4.69, 9.17) is 5.11 Å². The summed E-state index contributed by atoms with van der Waals surface area (Å²) in [4.78, 5) is 18.6. The summed E-state index contributed by atoms with van der Waals surface area (Å²) in [5, 5.41) is 12.0. The molecule has 5 nitrogen and oxygen atoms in total. The number of nitrogens with zero attached hydrogens (tertiary/aromatic N) is 2. The molecule has 1 unspecified atom stereocenters. The maximum atomic E-state index is 12.5. The second-order valence-electron chi connectivity index (χ2n) is 4.92. The number of carbonyl (C=O) groups is 1. The number of nitrogens with one attached hydrogen (secondary N) is 1. The second-order valence-corrected chi connectivity index (χ2v) is 4.92. The summed E-state index contributed by atoms with van der Waals surface area (Å²) in [6.45, 7) is 1.72. The van der Waals surface area contributed by atoms with Crippen LogP contribution in [0.1, 0.15) is 29.6 Å². The molecule has 1 amide bonds. The van der Waals surface area contributed by atoms with Crippen molar-refractivity contribution in [1.29, 1.82) is 0 Å². The van der Waals surface area contributed by atoms with Crippen LogP contribution in [-0.4, -0.2) is 47.6 Å². The largest absolute Gasteiger partial charge is 0.396 e. The van der Waals surface area contributed by atoms with E-state index in [0.29, 0.717) is 17.3 Å². The van der Waals surface area contributed by atoms with Crippen LogP contribution in [0.4, 0.5) is 5.82 Å². The molecule has 1 aromatic heterocycles. The average molecular weight is 263 g/mol. The first kappa shape index (κ1) is 13.8. The van der Waals surface area contributed by atoms with Crippen molar-refractivity contribution in [2.75, 3.05) is 32.1 Å². The number of aliphatic hydroxyl groups excluding tert-OH is 1. The van der Waals surface area contributed by atoms with E-state index in [1.807, 2.05) is 4.90 Å². The Morgan fingerprint density at radius 3 is 3.21 bits per heavy atom. The van der Waals surface area contributed by atoms with Crippen LogP contribution in [0.25, 0.3) is 0 Å². The molecule has 1 aliphatic rings. The second kappa shape index (κ2) is 6.52. The van der Waals surface area contributed by atoms with Gasteiger partial charge >= 0.3 is 0 Å². The van der Waals surface area contributed by atoms with Crippen LogP contribution in [0.2, 0.25) is 0 Å². The van der Waals surface area contributed by atoms with E-state index in [1.165, 1.54) is 0 Å². The van der Waals surface area contributed by atoms with Crippen molar-refractivity contribution in [1.82, 2.24) is 9.88 Å². The number of piperidine rings is 1. The highest BCUT2D eigenvalue weighted by atomic mass is 16.3. The van der Waals surface area contributed by atoms with Crippen molar-refractivity contribution < 1.29 is 9.90 Å². The molecule has 1 fully saturated rings. The molecule has 0 saturated carbocycles. The molecule has 1 aliphatic heterocycles. The molecule has 2 rings (SSSR count). The number of rotatable bonds is 4. The molecule has 2 heterocycles. The molecule has 5 heteroatoms. The van der Waals surface area contributed by atoms with Crippen molar-refractivity contribution in [2.45, 2.75) is 19.3 Å². The summed E-state index contributed by atoms with van der Waals surface area (Å²) in [6, 6.07) is 3.58. The Morgan fingerprint density at radius 1 is 1.63 bits per heavy atom. The quantitative estimate of drug-likeness (QED) is 0.861. The van der Waals surface area contributed by atoms with Gasteiger partial charge in [-0.2, -0.15) is 0 Å².